The molecule has 1 N–H and O–H groups in total. The van der Waals surface area contributed by atoms with Gasteiger partial charge >= 0.3 is 5.97 Å². The van der Waals surface area contributed by atoms with E-state index >= 15 is 0 Å². The summed E-state index contributed by atoms with van der Waals surface area (Å²) in [4.78, 5) is 15.0. The largest absolute Gasteiger partial charge is 0.480 e. The number of aliphatic carboxylic acids is 1. The van der Waals surface area contributed by atoms with E-state index in [1.165, 1.54) is 0 Å². The molecule has 0 spiro atoms. The van der Waals surface area contributed by atoms with Gasteiger partial charge in [0.25, 0.3) is 0 Å². The van der Waals surface area contributed by atoms with Crippen molar-refractivity contribution in [3.05, 3.63) is 57.0 Å². The molecule has 0 bridgehead atoms. The van der Waals surface area contributed by atoms with Gasteiger partial charge in [0.1, 0.15) is 5.75 Å². The van der Waals surface area contributed by atoms with Crippen LogP contribution in [0.15, 0.2) is 56.4 Å². The van der Waals surface area contributed by atoms with Crippen LogP contribution in [-0.2, 0) is 4.79 Å². The van der Waals surface area contributed by atoms with Crippen molar-refractivity contribution in [2.24, 2.45) is 4.99 Å². The molecule has 0 amide bonds. The highest BCUT2D eigenvalue weighted by molar-refractivity contribution is 9.11. The second kappa shape index (κ2) is 7.38. The Morgan fingerprint density at radius 3 is 2.62 bits per heavy atom. The number of ether oxygens (including phenoxy) is 1. The Morgan fingerprint density at radius 2 is 1.95 bits per heavy atom. The van der Waals surface area contributed by atoms with Gasteiger partial charge in [-0.05, 0) is 40.2 Å². The van der Waals surface area contributed by atoms with Crippen molar-refractivity contribution in [1.82, 2.24) is 0 Å². The molecule has 6 heteroatoms. The molecule has 0 aliphatic carbocycles. The molecule has 0 fully saturated rings. The van der Waals surface area contributed by atoms with Gasteiger partial charge in [-0.25, -0.2) is 4.79 Å². The van der Waals surface area contributed by atoms with Crippen LogP contribution in [0.2, 0.25) is 0 Å². The smallest absolute Gasteiger partial charge is 0.341 e. The summed E-state index contributed by atoms with van der Waals surface area (Å²) >= 11 is 6.75. The van der Waals surface area contributed by atoms with Gasteiger partial charge in [0, 0.05) is 16.3 Å². The minimum absolute atomic E-state index is 0.410. The molecule has 4 nitrogen and oxygen atoms in total. The van der Waals surface area contributed by atoms with Crippen LogP contribution >= 0.6 is 31.9 Å². The monoisotopic (exact) mass is 411 g/mol. The van der Waals surface area contributed by atoms with Crippen LogP contribution < -0.4 is 4.74 Å². The lowest BCUT2D eigenvalue weighted by molar-refractivity contribution is -0.139. The normalized spacial score (nSPS) is 10.8. The van der Waals surface area contributed by atoms with E-state index in [1.807, 2.05) is 36.4 Å². The first-order valence-electron chi connectivity index (χ1n) is 5.99. The third kappa shape index (κ3) is 4.68. The molecule has 0 heterocycles. The molecular weight excluding hydrogens is 402 g/mol. The van der Waals surface area contributed by atoms with Crippen LogP contribution in [-0.4, -0.2) is 23.9 Å². The van der Waals surface area contributed by atoms with Gasteiger partial charge in [0.15, 0.2) is 6.61 Å². The summed E-state index contributed by atoms with van der Waals surface area (Å²) in [6, 6.07) is 13.1. The van der Waals surface area contributed by atoms with Crippen molar-refractivity contribution < 1.29 is 14.6 Å². The highest BCUT2D eigenvalue weighted by Gasteiger charge is 2.10. The van der Waals surface area contributed by atoms with Gasteiger partial charge in [-0.1, -0.05) is 34.1 Å². The Balaban J connectivity index is 2.32. The van der Waals surface area contributed by atoms with Gasteiger partial charge < -0.3 is 9.84 Å². The maximum absolute atomic E-state index is 10.7. The average molecular weight is 413 g/mol. The van der Waals surface area contributed by atoms with Gasteiger partial charge in [-0.2, -0.15) is 0 Å². The van der Waals surface area contributed by atoms with Crippen LogP contribution in [0, 0.1) is 0 Å². The molecule has 108 valence electrons. The molecule has 0 unspecified atom stereocenters. The fourth-order valence-corrected chi connectivity index (χ4v) is 2.99. The van der Waals surface area contributed by atoms with Crippen LogP contribution in [0.5, 0.6) is 5.75 Å². The number of benzene rings is 2. The summed E-state index contributed by atoms with van der Waals surface area (Å²) in [5.41, 5.74) is 1.49. The summed E-state index contributed by atoms with van der Waals surface area (Å²) in [6.07, 6.45) is 1.64. The fourth-order valence-electron chi connectivity index (χ4n) is 1.62. The maximum Gasteiger partial charge on any atom is 0.341 e. The number of hydrogen-bond donors (Lipinski definition) is 1. The Labute approximate surface area is 138 Å². The van der Waals surface area contributed by atoms with E-state index in [4.69, 9.17) is 9.84 Å². The fraction of sp³-hybridized carbons (Fsp3) is 0.0667. The third-order valence-corrected chi connectivity index (χ3v) is 3.53. The second-order valence-electron chi connectivity index (χ2n) is 4.08. The van der Waals surface area contributed by atoms with Crippen molar-refractivity contribution >= 4 is 49.7 Å². The standard InChI is InChI=1S/C15H11Br2NO3/c16-11-6-10(8-18-12-4-2-1-3-5-12)15(13(17)7-11)21-9-14(19)20/h1-8H,9H2,(H,19,20). The molecule has 0 aromatic heterocycles. The summed E-state index contributed by atoms with van der Waals surface area (Å²) in [5.74, 6) is -0.587. The van der Waals surface area contributed by atoms with Crippen LogP contribution in [0.3, 0.4) is 0 Å². The summed E-state index contributed by atoms with van der Waals surface area (Å²) < 4.78 is 6.81. The Hall–Kier alpha value is -1.66. The van der Waals surface area contributed by atoms with Crippen molar-refractivity contribution in [3.63, 3.8) is 0 Å². The Bertz CT molecular complexity index is 672. The SMILES string of the molecule is O=C(O)COc1c(Br)cc(Br)cc1C=Nc1ccccc1. The zero-order valence-electron chi connectivity index (χ0n) is 10.8. The number of hydrogen-bond acceptors (Lipinski definition) is 3. The molecule has 2 aromatic rings. The number of aliphatic imine (C=N–C) groups is 1. The number of nitrogens with zero attached hydrogens (tertiary/aromatic N) is 1. The lowest BCUT2D eigenvalue weighted by Crippen LogP contribution is -2.11. The predicted molar refractivity (Wildman–Crippen MR) is 88.7 cm³/mol. The number of rotatable bonds is 5. The average Bonchev–Trinajstić information content (AvgIpc) is 2.44. The lowest BCUT2D eigenvalue weighted by Gasteiger charge is -2.10. The van der Waals surface area contributed by atoms with Crippen LogP contribution in [0.4, 0.5) is 5.69 Å². The van der Waals surface area contributed by atoms with E-state index in [2.05, 4.69) is 36.9 Å². The van der Waals surface area contributed by atoms with Crippen LogP contribution in [0.25, 0.3) is 0 Å². The Kier molecular flexibility index (Phi) is 5.52. The van der Waals surface area contributed by atoms with Crippen molar-refractivity contribution in [2.75, 3.05) is 6.61 Å². The first-order chi connectivity index (χ1) is 10.1. The molecule has 0 saturated carbocycles. The molecule has 0 aliphatic heterocycles. The quantitative estimate of drug-likeness (QED) is 0.739. The third-order valence-electron chi connectivity index (χ3n) is 2.49. The van der Waals surface area contributed by atoms with E-state index in [0.29, 0.717) is 15.8 Å². The van der Waals surface area contributed by atoms with E-state index < -0.39 is 12.6 Å². The highest BCUT2D eigenvalue weighted by Crippen LogP contribution is 2.32. The Morgan fingerprint density at radius 1 is 1.24 bits per heavy atom. The van der Waals surface area contributed by atoms with Gasteiger partial charge in [-0.15, -0.1) is 0 Å². The number of para-hydroxylation sites is 1. The first kappa shape index (κ1) is 15.7. The molecule has 0 saturated heterocycles. The molecular formula is C15H11Br2NO3. The molecule has 0 aliphatic rings. The van der Waals surface area contributed by atoms with Crippen molar-refractivity contribution in [1.29, 1.82) is 0 Å². The van der Waals surface area contributed by atoms with E-state index in [1.54, 1.807) is 12.3 Å². The summed E-state index contributed by atoms with van der Waals surface area (Å²) in [6.45, 7) is -0.410. The van der Waals surface area contributed by atoms with Crippen molar-refractivity contribution in [2.45, 2.75) is 0 Å². The van der Waals surface area contributed by atoms with Crippen LogP contribution in [0.1, 0.15) is 5.56 Å². The molecule has 0 radical (unpaired) electrons. The number of carboxylic acids is 1. The van der Waals surface area contributed by atoms with Gasteiger partial charge in [-0.3, -0.25) is 4.99 Å². The molecule has 2 rings (SSSR count). The van der Waals surface area contributed by atoms with E-state index in [0.717, 1.165) is 10.2 Å². The van der Waals surface area contributed by atoms with Gasteiger partial charge in [0.05, 0.1) is 10.2 Å². The van der Waals surface area contributed by atoms with E-state index in [9.17, 15) is 4.79 Å². The highest BCUT2D eigenvalue weighted by atomic mass is 79.9. The topological polar surface area (TPSA) is 58.9 Å². The zero-order chi connectivity index (χ0) is 15.2. The minimum atomic E-state index is -1.03. The number of carbonyl (C=O) groups is 1. The van der Waals surface area contributed by atoms with Crippen molar-refractivity contribution in [3.8, 4) is 5.75 Å². The number of halogens is 2. The van der Waals surface area contributed by atoms with E-state index in [-0.39, 0.29) is 0 Å². The first-order valence-corrected chi connectivity index (χ1v) is 7.57. The second-order valence-corrected chi connectivity index (χ2v) is 5.85. The summed E-state index contributed by atoms with van der Waals surface area (Å²) in [5, 5.41) is 8.74. The number of carboxylic acid groups (broad SMARTS) is 1. The zero-order valence-corrected chi connectivity index (χ0v) is 14.0. The molecule has 2 aromatic carbocycles. The van der Waals surface area contributed by atoms with Gasteiger partial charge in [0.2, 0.25) is 0 Å². The minimum Gasteiger partial charge on any atom is -0.480 e. The maximum atomic E-state index is 10.7. The summed E-state index contributed by atoms with van der Waals surface area (Å²) in [7, 11) is 0. The predicted octanol–water partition coefficient (Wildman–Crippen LogP) is 4.43. The lowest BCUT2D eigenvalue weighted by atomic mass is 10.2. The molecule has 0 atom stereocenters. The molecule has 21 heavy (non-hydrogen) atoms.